The van der Waals surface area contributed by atoms with Crippen molar-refractivity contribution >= 4 is 40.9 Å². The van der Waals surface area contributed by atoms with E-state index in [2.05, 4.69) is 38.4 Å². The maximum absolute atomic E-state index is 13.4. The number of benzene rings is 3. The molecule has 59 heavy (non-hydrogen) atoms. The number of nitrogens with two attached hydrogens (primary N) is 1. The number of hydrogen-bond acceptors (Lipinski definition) is 10. The normalized spacial score (nSPS) is 19.0. The molecular formula is C44H54N10O5. The number of aromatic nitrogens is 2. The van der Waals surface area contributed by atoms with Crippen molar-refractivity contribution < 1.29 is 23.9 Å². The number of anilines is 3. The minimum Gasteiger partial charge on any atom is -0.457 e. The quantitative estimate of drug-likeness (QED) is 0.174. The zero-order valence-corrected chi connectivity index (χ0v) is 33.7. The van der Waals surface area contributed by atoms with Crippen LogP contribution in [0, 0.1) is 5.92 Å². The van der Waals surface area contributed by atoms with Gasteiger partial charge in [-0.1, -0.05) is 24.3 Å². The molecule has 15 nitrogen and oxygen atoms in total. The molecule has 4 aliphatic heterocycles. The summed E-state index contributed by atoms with van der Waals surface area (Å²) in [5, 5.41) is 10.8. The zero-order valence-electron chi connectivity index (χ0n) is 33.7. The molecule has 4 N–H and O–H groups in total. The standard InChI is InChI=1S/C44H54N10O5/c1-49(24-25-50-26-28-51(29-27-50)33-6-5-7-34(30-33)53-23-17-38(55)47-44(53)58)20-18-39(56)52-21-15-31(16-22-52)37-14-19-46-43-40(42(45)57)41(48-54(37)43)32-10-12-36(13-11-32)59-35-8-3-2-4-9-35/h2-13,30-31,37,46H,14-29H2,1H3,(H2,45,57)(H,47,55,58)/t37-/m0/s1. The van der Waals surface area contributed by atoms with Crippen molar-refractivity contribution in [3.63, 3.8) is 0 Å². The van der Waals surface area contributed by atoms with Crippen LogP contribution in [0.3, 0.4) is 0 Å². The third kappa shape index (κ3) is 9.21. The molecule has 5 amide bonds. The van der Waals surface area contributed by atoms with Crippen molar-refractivity contribution in [1.29, 1.82) is 0 Å². The Morgan fingerprint density at radius 1 is 0.847 bits per heavy atom. The number of likely N-dealkylation sites (N-methyl/N-ethyl adjacent to an activating group) is 1. The number of piperazine rings is 1. The van der Waals surface area contributed by atoms with Crippen molar-refractivity contribution in [2.75, 3.05) is 94.2 Å². The summed E-state index contributed by atoms with van der Waals surface area (Å²) in [7, 11) is 2.09. The molecule has 0 spiro atoms. The average molecular weight is 803 g/mol. The summed E-state index contributed by atoms with van der Waals surface area (Å²) in [6, 6.07) is 24.9. The van der Waals surface area contributed by atoms with Gasteiger partial charge in [-0.2, -0.15) is 5.10 Å². The number of carbonyl (C=O) groups is 4. The van der Waals surface area contributed by atoms with Crippen LogP contribution < -0.4 is 30.9 Å². The first-order valence-electron chi connectivity index (χ1n) is 20.8. The van der Waals surface area contributed by atoms with E-state index in [9.17, 15) is 19.2 Å². The lowest BCUT2D eigenvalue weighted by molar-refractivity contribution is -0.133. The number of likely N-dealkylation sites (tertiary alicyclic amines) is 1. The lowest BCUT2D eigenvalue weighted by Gasteiger charge is -2.38. The Morgan fingerprint density at radius 2 is 1.58 bits per heavy atom. The van der Waals surface area contributed by atoms with Crippen LogP contribution in [0.5, 0.6) is 11.5 Å². The number of fused-ring (bicyclic) bond motifs is 1. The van der Waals surface area contributed by atoms with Gasteiger partial charge in [0, 0.05) is 102 Å². The molecule has 15 heteroatoms. The second kappa shape index (κ2) is 17.9. The molecule has 3 fully saturated rings. The zero-order chi connectivity index (χ0) is 40.9. The van der Waals surface area contributed by atoms with Crippen molar-refractivity contribution in [3.8, 4) is 22.8 Å². The van der Waals surface area contributed by atoms with Gasteiger partial charge in [0.15, 0.2) is 0 Å². The Hall–Kier alpha value is -5.93. The highest BCUT2D eigenvalue weighted by atomic mass is 16.5. The summed E-state index contributed by atoms with van der Waals surface area (Å²) in [4.78, 5) is 60.8. The number of imide groups is 1. The third-order valence-electron chi connectivity index (χ3n) is 12.2. The molecule has 8 rings (SSSR count). The summed E-state index contributed by atoms with van der Waals surface area (Å²) in [5.41, 5.74) is 9.59. The first-order chi connectivity index (χ1) is 28.7. The van der Waals surface area contributed by atoms with Gasteiger partial charge < -0.3 is 30.5 Å². The third-order valence-corrected chi connectivity index (χ3v) is 12.2. The number of urea groups is 1. The van der Waals surface area contributed by atoms with Gasteiger partial charge in [-0.25, -0.2) is 9.48 Å². The van der Waals surface area contributed by atoms with E-state index in [1.54, 1.807) is 4.90 Å². The number of primary amides is 1. The molecule has 0 saturated carbocycles. The molecular weight excluding hydrogens is 749 g/mol. The van der Waals surface area contributed by atoms with Gasteiger partial charge in [0.25, 0.3) is 5.91 Å². The molecule has 4 aromatic rings. The van der Waals surface area contributed by atoms with Crippen LogP contribution in [0.25, 0.3) is 11.3 Å². The topological polar surface area (TPSA) is 162 Å². The Kier molecular flexibility index (Phi) is 12.1. The van der Waals surface area contributed by atoms with Gasteiger partial charge in [0.1, 0.15) is 28.6 Å². The van der Waals surface area contributed by atoms with Crippen LogP contribution >= 0.6 is 0 Å². The summed E-state index contributed by atoms with van der Waals surface area (Å²) >= 11 is 0. The number of amides is 5. The molecule has 1 atom stereocenters. The van der Waals surface area contributed by atoms with Crippen LogP contribution in [0.2, 0.25) is 0 Å². The van der Waals surface area contributed by atoms with Gasteiger partial charge in [-0.3, -0.25) is 29.5 Å². The predicted molar refractivity (Wildman–Crippen MR) is 227 cm³/mol. The molecule has 1 aromatic heterocycles. The van der Waals surface area contributed by atoms with Gasteiger partial charge in [-0.15, -0.1) is 0 Å². The van der Waals surface area contributed by atoms with E-state index in [0.717, 1.165) is 87.8 Å². The Labute approximate surface area is 345 Å². The maximum atomic E-state index is 13.4. The van der Waals surface area contributed by atoms with Crippen LogP contribution in [0.1, 0.15) is 48.5 Å². The highest BCUT2D eigenvalue weighted by molar-refractivity contribution is 6.06. The van der Waals surface area contributed by atoms with E-state index >= 15 is 0 Å². The van der Waals surface area contributed by atoms with Gasteiger partial charge >= 0.3 is 6.03 Å². The summed E-state index contributed by atoms with van der Waals surface area (Å²) in [5.74, 6) is 1.88. The minimum atomic E-state index is -0.517. The van der Waals surface area contributed by atoms with Crippen molar-refractivity contribution in [2.24, 2.45) is 11.7 Å². The maximum Gasteiger partial charge on any atom is 0.328 e. The van der Waals surface area contributed by atoms with E-state index < -0.39 is 5.91 Å². The fourth-order valence-corrected chi connectivity index (χ4v) is 8.78. The second-order valence-corrected chi connectivity index (χ2v) is 16.0. The number of piperidine rings is 1. The van der Waals surface area contributed by atoms with E-state index in [1.807, 2.05) is 82.4 Å². The van der Waals surface area contributed by atoms with Gasteiger partial charge in [0.2, 0.25) is 11.8 Å². The molecule has 310 valence electrons. The number of para-hydroxylation sites is 1. The monoisotopic (exact) mass is 802 g/mol. The summed E-state index contributed by atoms with van der Waals surface area (Å²) in [6.07, 6.45) is 3.43. The number of nitrogens with one attached hydrogen (secondary N) is 2. The Balaban J connectivity index is 0.783. The van der Waals surface area contributed by atoms with Crippen LogP contribution in [-0.2, 0) is 9.59 Å². The van der Waals surface area contributed by atoms with Crippen LogP contribution in [-0.4, -0.2) is 127 Å². The number of nitrogens with zero attached hydrogens (tertiary/aromatic N) is 7. The van der Waals surface area contributed by atoms with Crippen molar-refractivity contribution in [3.05, 3.63) is 84.4 Å². The average Bonchev–Trinajstić information content (AvgIpc) is 3.66. The highest BCUT2D eigenvalue weighted by Gasteiger charge is 2.36. The molecule has 3 saturated heterocycles. The lowest BCUT2D eigenvalue weighted by Crippen LogP contribution is -2.50. The number of ether oxygens (including phenoxy) is 1. The Bertz CT molecular complexity index is 2130. The number of rotatable bonds is 13. The fraction of sp³-hybridized carbons (Fsp3) is 0.432. The lowest BCUT2D eigenvalue weighted by atomic mass is 9.86. The molecule has 0 bridgehead atoms. The smallest absolute Gasteiger partial charge is 0.328 e. The molecule has 0 aliphatic carbocycles. The first kappa shape index (κ1) is 39.9. The van der Waals surface area contributed by atoms with E-state index in [1.165, 1.54) is 0 Å². The highest BCUT2D eigenvalue weighted by Crippen LogP contribution is 2.40. The van der Waals surface area contributed by atoms with Gasteiger partial charge in [-0.05, 0) is 86.8 Å². The second-order valence-electron chi connectivity index (χ2n) is 16.0. The summed E-state index contributed by atoms with van der Waals surface area (Å²) < 4.78 is 7.94. The summed E-state index contributed by atoms with van der Waals surface area (Å²) in [6.45, 7) is 8.71. The first-order valence-corrected chi connectivity index (χ1v) is 20.8. The molecule has 0 unspecified atom stereocenters. The van der Waals surface area contributed by atoms with Gasteiger partial charge in [0.05, 0.1) is 6.04 Å². The van der Waals surface area contributed by atoms with Crippen molar-refractivity contribution in [1.82, 2.24) is 29.8 Å². The fourth-order valence-electron chi connectivity index (χ4n) is 8.78. The minimum absolute atomic E-state index is 0.102. The molecule has 3 aromatic carbocycles. The SMILES string of the molecule is CN(CCC(=O)N1CCC([C@@H]2CCNc3c(C(N)=O)c(-c4ccc(Oc5ccccc5)cc4)nn32)CC1)CCN1CCN(c2cccc(N3CCC(=O)NC3=O)c2)CC1. The predicted octanol–water partition coefficient (Wildman–Crippen LogP) is 4.63. The molecule has 4 aliphatic rings. The Morgan fingerprint density at radius 3 is 2.31 bits per heavy atom. The van der Waals surface area contributed by atoms with Crippen LogP contribution in [0.4, 0.5) is 22.0 Å². The largest absolute Gasteiger partial charge is 0.457 e. The van der Waals surface area contributed by atoms with E-state index in [0.29, 0.717) is 67.8 Å². The number of carbonyl (C=O) groups excluding carboxylic acids is 4. The number of hydrogen-bond donors (Lipinski definition) is 3. The van der Waals surface area contributed by atoms with E-state index in [4.69, 9.17) is 15.6 Å². The molecule has 5 heterocycles. The molecule has 0 radical (unpaired) electrons. The van der Waals surface area contributed by atoms with Crippen molar-refractivity contribution in [2.45, 2.75) is 38.1 Å². The van der Waals surface area contributed by atoms with E-state index in [-0.39, 0.29) is 23.9 Å². The van der Waals surface area contributed by atoms with Crippen LogP contribution in [0.15, 0.2) is 78.9 Å².